The second-order valence-electron chi connectivity index (χ2n) is 32.9. The molecule has 2 saturated carbocycles. The van der Waals surface area contributed by atoms with Crippen LogP contribution in [0.1, 0.15) is 213 Å². The maximum Gasteiger partial charge on any atom is 0.328 e. The molecule has 2 spiro atoms. The first-order chi connectivity index (χ1) is 54.3. The number of aliphatic carboxylic acids is 1. The Kier molecular flexibility index (Phi) is 37.4. The van der Waals surface area contributed by atoms with Crippen molar-refractivity contribution in [1.82, 2.24) is 54.9 Å². The third-order valence-corrected chi connectivity index (χ3v) is 23.1. The van der Waals surface area contributed by atoms with E-state index in [1.807, 2.05) is 105 Å². The Hall–Kier alpha value is -8.15. The number of nitrogens with zero attached hydrogens (tertiary/aromatic N) is 9. The van der Waals surface area contributed by atoms with E-state index in [0.29, 0.717) is 62.1 Å². The number of rotatable bonds is 26. The number of hydrogen-bond donors (Lipinski definition) is 6. The molecule has 7 fully saturated rings. The Balaban J connectivity index is 0.000000242. The van der Waals surface area contributed by atoms with Crippen molar-refractivity contribution in [3.05, 3.63) is 156 Å². The van der Waals surface area contributed by atoms with E-state index in [0.717, 1.165) is 98.3 Å². The van der Waals surface area contributed by atoms with Gasteiger partial charge in [0.25, 0.3) is 0 Å². The fraction of sp³-hybridized carbons (Fsp3) is 0.648. The van der Waals surface area contributed by atoms with Gasteiger partial charge in [0.15, 0.2) is 0 Å². The second kappa shape index (κ2) is 45.0. The van der Waals surface area contributed by atoms with Crippen molar-refractivity contribution < 1.29 is 72.5 Å². The lowest BCUT2D eigenvalue weighted by molar-refractivity contribution is -0.143. The van der Waals surface area contributed by atoms with Gasteiger partial charge in [0.05, 0.1) is 106 Å². The number of carboxylic acid groups (broad SMARTS) is 1. The summed E-state index contributed by atoms with van der Waals surface area (Å²) in [6.07, 6.45) is 34.3. The largest absolute Gasteiger partial charge is 0.478 e. The Bertz CT molecular complexity index is 3930. The van der Waals surface area contributed by atoms with Gasteiger partial charge in [-0.2, -0.15) is 15.3 Å². The van der Waals surface area contributed by atoms with E-state index in [2.05, 4.69) is 137 Å². The Morgan fingerprint density at radius 2 is 0.887 bits per heavy atom. The number of aromatic nitrogens is 9. The summed E-state index contributed by atoms with van der Waals surface area (Å²) in [5.74, 6) is 4.46. The maximum atomic E-state index is 12.7. The monoisotopic (exact) mass is 1600 g/mol. The molecule has 115 heavy (non-hydrogen) atoms. The number of nitrogens with two attached hydrogens (primary N) is 1. The topological polar surface area (TPSA) is 359 Å². The highest BCUT2D eigenvalue weighted by molar-refractivity contribution is 5.88. The molecule has 5 aliphatic heterocycles. The molecule has 8 heterocycles. The van der Waals surface area contributed by atoms with Crippen LogP contribution in [-0.4, -0.2) is 195 Å². The zero-order chi connectivity index (χ0) is 85.3. The quantitative estimate of drug-likeness (QED) is 0.0143. The summed E-state index contributed by atoms with van der Waals surface area (Å²) in [7, 11) is 2.81. The molecular weight excluding hydrogens is 1470 g/mol. The van der Waals surface area contributed by atoms with Crippen LogP contribution in [0, 0.1) is 83.0 Å². The van der Waals surface area contributed by atoms with Crippen molar-refractivity contribution in [1.29, 1.82) is 0 Å². The molecule has 2 aliphatic carbocycles. The molecule has 3 aromatic heterocycles. The van der Waals surface area contributed by atoms with Crippen LogP contribution in [0.3, 0.4) is 0 Å². The molecule has 0 radical (unpaired) electrons. The Morgan fingerprint density at radius 3 is 1.23 bits per heavy atom. The van der Waals surface area contributed by atoms with Crippen LogP contribution >= 0.6 is 0 Å². The lowest BCUT2D eigenvalue weighted by Gasteiger charge is -2.39. The first kappa shape index (κ1) is 95.7. The average molecular weight is 1600 g/mol. The minimum Gasteiger partial charge on any atom is -0.478 e. The number of hydrogen-bond acceptors (Lipinski definition) is 21. The zero-order valence-corrected chi connectivity index (χ0v) is 72.1. The van der Waals surface area contributed by atoms with Crippen LogP contribution in [0.2, 0.25) is 0 Å². The smallest absolute Gasteiger partial charge is 0.328 e. The highest BCUT2D eigenvalue weighted by Crippen LogP contribution is 2.50. The fourth-order valence-corrected chi connectivity index (χ4v) is 15.9. The molecule has 3 unspecified atom stereocenters. The van der Waals surface area contributed by atoms with Crippen LogP contribution < -0.4 is 16.4 Å². The highest BCUT2D eigenvalue weighted by atomic mass is 16.6. The average Bonchev–Trinajstić information content (AvgIpc) is 1.60. The third-order valence-electron chi connectivity index (χ3n) is 23.1. The van der Waals surface area contributed by atoms with E-state index in [1.54, 1.807) is 40.6 Å². The minimum absolute atomic E-state index is 0.0125. The number of aliphatic hydroxyl groups is 2. The van der Waals surface area contributed by atoms with Crippen LogP contribution in [0.4, 0.5) is 0 Å². The summed E-state index contributed by atoms with van der Waals surface area (Å²) in [4.78, 5) is 71.2. The van der Waals surface area contributed by atoms with Gasteiger partial charge in [-0.05, 0) is 198 Å². The number of esters is 2. The van der Waals surface area contributed by atoms with Gasteiger partial charge in [0.1, 0.15) is 46.1 Å². The van der Waals surface area contributed by atoms with Crippen LogP contribution in [0.15, 0.2) is 122 Å². The van der Waals surface area contributed by atoms with Gasteiger partial charge in [0, 0.05) is 48.9 Å². The summed E-state index contributed by atoms with van der Waals surface area (Å²) in [5.41, 5.74) is 8.51. The maximum absolute atomic E-state index is 12.7. The van der Waals surface area contributed by atoms with Crippen LogP contribution in [0.5, 0.6) is 0 Å². The van der Waals surface area contributed by atoms with Crippen molar-refractivity contribution >= 4 is 29.7 Å². The summed E-state index contributed by atoms with van der Waals surface area (Å²) >= 11 is 0. The molecule has 7 N–H and O–H groups in total. The van der Waals surface area contributed by atoms with E-state index in [-0.39, 0.29) is 120 Å². The number of methoxy groups -OCH3 is 2. The van der Waals surface area contributed by atoms with E-state index in [9.17, 15) is 34.2 Å². The predicted molar refractivity (Wildman–Crippen MR) is 444 cm³/mol. The normalized spacial score (nSPS) is 31.4. The van der Waals surface area contributed by atoms with E-state index in [1.165, 1.54) is 19.8 Å². The number of ether oxygens (including phenoxy) is 7. The van der Waals surface area contributed by atoms with Crippen molar-refractivity contribution in [3.8, 4) is 0 Å². The molecule has 3 aromatic rings. The first-order valence-electron chi connectivity index (χ1n) is 40.9. The van der Waals surface area contributed by atoms with Gasteiger partial charge in [-0.15, -0.1) is 6.58 Å². The number of nitrogens with one attached hydrogen (secondary N) is 2. The molecule has 7 aliphatic rings. The molecule has 2 amide bonds. The van der Waals surface area contributed by atoms with E-state index in [4.69, 9.17) is 39.3 Å². The molecule has 0 aromatic carbocycles. The second-order valence-corrected chi connectivity index (χ2v) is 32.9. The van der Waals surface area contributed by atoms with Gasteiger partial charge in [0.2, 0.25) is 11.8 Å². The van der Waals surface area contributed by atoms with Gasteiger partial charge >= 0.3 is 17.9 Å². The Morgan fingerprint density at radius 1 is 0.539 bits per heavy atom. The minimum atomic E-state index is -0.952. The first-order valence-corrected chi connectivity index (χ1v) is 40.9. The highest BCUT2D eigenvalue weighted by Gasteiger charge is 2.58. The number of carbonyl (C=O) groups excluding carboxylic acids is 4. The molecule has 23 atom stereocenters. The van der Waals surface area contributed by atoms with Gasteiger partial charge in [-0.3, -0.25) is 19.2 Å². The van der Waals surface area contributed by atoms with E-state index >= 15 is 0 Å². The van der Waals surface area contributed by atoms with Gasteiger partial charge in [-0.25, -0.2) is 33.8 Å². The molecule has 5 saturated heterocycles. The van der Waals surface area contributed by atoms with Crippen molar-refractivity contribution in [2.75, 3.05) is 27.4 Å². The number of allylic oxidation sites excluding steroid dienone is 9. The number of epoxide rings is 2. The van der Waals surface area contributed by atoms with Gasteiger partial charge in [-0.1, -0.05) is 117 Å². The SMILES string of the molecule is C=C/C(C)=C/C[C@@H]1O[C@H](C)[C@H](N)C[C@@H]1C.C=C/C(C)=C/C[C@@H]1O[C@H](C)[C@H](NC(=O)/C=C\C(C)n2nc(C)nc2C)C[C@@H]1C.C=C[C@H]1C[C@H](CC(=O)OC)C[C@@]2(CO2)[C@@H]1O.COC(=O)C[C@H]1C[C@H](/C=C/C(C)=C/C[C@@H]2O[C@H](C)[C@H](NC(=O)/C=C\C(C)n3nc(C)nc3C)C[C@@H]2C)[C@@H](O)[C@]2(CO2)C1.Cc1nc(C)n(C(C)/C=C\C(=O)O)n1. The molecular formula is C88H136N12O15. The fourth-order valence-electron chi connectivity index (χ4n) is 15.9. The van der Waals surface area contributed by atoms with Crippen LogP contribution in [-0.2, 0) is 57.1 Å². The third kappa shape index (κ3) is 29.5. The lowest BCUT2D eigenvalue weighted by atomic mass is 9.71. The molecule has 27 nitrogen and oxygen atoms in total. The lowest BCUT2D eigenvalue weighted by Crippen LogP contribution is -2.50. The number of aryl methyl sites for hydroxylation is 6. The van der Waals surface area contributed by atoms with Gasteiger partial charge < -0.3 is 64.8 Å². The predicted octanol–water partition coefficient (Wildman–Crippen LogP) is 12.4. The van der Waals surface area contributed by atoms with Crippen molar-refractivity contribution in [3.63, 3.8) is 0 Å². The van der Waals surface area contributed by atoms with Crippen molar-refractivity contribution in [2.24, 2.45) is 47.2 Å². The van der Waals surface area contributed by atoms with Crippen LogP contribution in [0.25, 0.3) is 0 Å². The zero-order valence-electron chi connectivity index (χ0n) is 72.1. The molecule has 638 valence electrons. The molecule has 0 bridgehead atoms. The summed E-state index contributed by atoms with van der Waals surface area (Å²) in [5, 5.41) is 48.5. The molecule has 10 rings (SSSR count). The standard InChI is InChI=1S/C32H48N4O6.C22H34N4O2.C13H23NO.C12H18O4.C9H13N3O2/c1-19(8-11-26-15-25(16-30(38)40-7)17-32(18-41-32)31(26)39)9-12-28-20(2)14-27(22(4)42-28)34-29(37)13-10-21(3)36-24(6)33-23(5)35-36;1-8-14(2)9-11-21-15(3)13-20(17(5)28-21)24-22(27)12-10-16(4)26-19(7)23-18(6)25-26;1-5-9(2)6-7-13-10(3)8-12(14)11(4)15-13;1-3-9-4-8(5-10(13)15-2)6-12(7-16-12)11(9)14;1-6(4-5-9(13)14)12-8(3)10-7(2)11-12/h8-11,13,20-22,25-28,31,39H,12,14-18H2,1-7H3,(H,34,37);8-10,12,15-17,20-21H,1,11,13H2,2-7H3,(H,24,27);5-6,10-13H,1,7-8,14H2,2-4H3;3,8-9,11,14H,1,4-7H2,2H3;4-6H,1-3H3,(H,13,14)/b11-8+,13-10-,19-9+;12-10-,14-9+;9-6+;;5-4-/t20-,21?,22+,25+,26-,27+,28-,31+,32+;15-,16?,17+,20+,21-;10-,11+,12+,13-;8-,9+,11-,12-;/m0001./s1. The number of carbonyl (C=O) groups is 5. The number of amides is 2. The van der Waals surface area contributed by atoms with E-state index < -0.39 is 29.4 Å². The summed E-state index contributed by atoms with van der Waals surface area (Å²) in [6, 6.07) is -0.0522. The Labute approximate surface area is 682 Å². The summed E-state index contributed by atoms with van der Waals surface area (Å²) < 4.78 is 44.3. The number of aliphatic hydroxyl groups excluding tert-OH is 2. The number of carboxylic acids is 1. The molecule has 27 heteroatoms. The summed E-state index contributed by atoms with van der Waals surface area (Å²) in [6.45, 7) is 48.2. The van der Waals surface area contributed by atoms with Crippen molar-refractivity contribution in [2.45, 2.75) is 298 Å².